The first-order valence-electron chi connectivity index (χ1n) is 11.1. The van der Waals surface area contributed by atoms with Crippen molar-refractivity contribution in [2.45, 2.75) is 18.9 Å². The van der Waals surface area contributed by atoms with Crippen LogP contribution in [-0.2, 0) is 9.59 Å². The SMILES string of the molecule is COc1ccc([C@@H]2[C@@H](C(=O)Nc3cccc(OC)c3)CCC(=O)N2c2ccc(OC)cc2)cc1. The minimum atomic E-state index is -0.480. The van der Waals surface area contributed by atoms with Gasteiger partial charge >= 0.3 is 0 Å². The van der Waals surface area contributed by atoms with Gasteiger partial charge in [-0.15, -0.1) is 0 Å². The first kappa shape index (κ1) is 23.2. The molecule has 0 spiro atoms. The zero-order chi connectivity index (χ0) is 24.1. The number of benzene rings is 3. The van der Waals surface area contributed by atoms with Gasteiger partial charge in [0.25, 0.3) is 0 Å². The fourth-order valence-corrected chi connectivity index (χ4v) is 4.33. The fraction of sp³-hybridized carbons (Fsp3) is 0.259. The van der Waals surface area contributed by atoms with Crippen LogP contribution < -0.4 is 24.4 Å². The molecule has 0 saturated carbocycles. The Morgan fingerprint density at radius 3 is 2.09 bits per heavy atom. The Kier molecular flexibility index (Phi) is 7.01. The second kappa shape index (κ2) is 10.3. The maximum absolute atomic E-state index is 13.5. The molecule has 2 amide bonds. The molecular weight excluding hydrogens is 432 g/mol. The summed E-state index contributed by atoms with van der Waals surface area (Å²) in [7, 11) is 4.79. The maximum atomic E-state index is 13.5. The van der Waals surface area contributed by atoms with Crippen LogP contribution in [0.15, 0.2) is 72.8 Å². The summed E-state index contributed by atoms with van der Waals surface area (Å²) in [5.74, 6) is 1.42. The lowest BCUT2D eigenvalue weighted by Crippen LogP contribution is -2.46. The van der Waals surface area contributed by atoms with Crippen LogP contribution in [0.3, 0.4) is 0 Å². The summed E-state index contributed by atoms with van der Waals surface area (Å²) in [4.78, 5) is 28.4. The molecule has 7 heteroatoms. The number of anilines is 2. The number of nitrogens with zero attached hydrogens (tertiary/aromatic N) is 1. The Morgan fingerprint density at radius 2 is 1.47 bits per heavy atom. The minimum absolute atomic E-state index is 0.0311. The molecule has 0 bridgehead atoms. The summed E-state index contributed by atoms with van der Waals surface area (Å²) >= 11 is 0. The van der Waals surface area contributed by atoms with E-state index in [4.69, 9.17) is 14.2 Å². The van der Waals surface area contributed by atoms with E-state index in [0.29, 0.717) is 35.0 Å². The first-order valence-corrected chi connectivity index (χ1v) is 11.1. The standard InChI is InChI=1S/C27H28N2O5/c1-32-21-11-7-18(8-12-21)26-24(27(31)28-19-5-4-6-23(17-19)34-3)15-16-25(30)29(26)20-9-13-22(33-2)14-10-20/h4-14,17,24,26H,15-16H2,1-3H3,(H,28,31)/t24-,26+/m0/s1. The Balaban J connectivity index is 1.72. The van der Waals surface area contributed by atoms with E-state index < -0.39 is 12.0 Å². The van der Waals surface area contributed by atoms with E-state index in [0.717, 1.165) is 5.56 Å². The van der Waals surface area contributed by atoms with Gasteiger partial charge in [0.15, 0.2) is 0 Å². The van der Waals surface area contributed by atoms with Crippen LogP contribution in [0.4, 0.5) is 11.4 Å². The number of hydrogen-bond donors (Lipinski definition) is 1. The number of amides is 2. The monoisotopic (exact) mass is 460 g/mol. The summed E-state index contributed by atoms with van der Waals surface area (Å²) in [6.07, 6.45) is 0.715. The largest absolute Gasteiger partial charge is 0.497 e. The van der Waals surface area contributed by atoms with Gasteiger partial charge in [0.1, 0.15) is 17.2 Å². The molecule has 1 aliphatic rings. The van der Waals surface area contributed by atoms with E-state index in [1.54, 1.807) is 32.3 Å². The number of carbonyl (C=O) groups excluding carboxylic acids is 2. The quantitative estimate of drug-likeness (QED) is 0.546. The van der Waals surface area contributed by atoms with Crippen molar-refractivity contribution in [2.75, 3.05) is 31.5 Å². The molecule has 1 N–H and O–H groups in total. The Hall–Kier alpha value is -4.00. The predicted octanol–water partition coefficient (Wildman–Crippen LogP) is 4.84. The third-order valence-corrected chi connectivity index (χ3v) is 6.08. The van der Waals surface area contributed by atoms with Gasteiger partial charge in [0.05, 0.1) is 33.3 Å². The van der Waals surface area contributed by atoms with Crippen LogP contribution in [-0.4, -0.2) is 33.1 Å². The van der Waals surface area contributed by atoms with Gasteiger partial charge in [0.2, 0.25) is 11.8 Å². The number of methoxy groups -OCH3 is 3. The highest BCUT2D eigenvalue weighted by atomic mass is 16.5. The van der Waals surface area contributed by atoms with Crippen LogP contribution in [0, 0.1) is 5.92 Å². The molecule has 0 radical (unpaired) electrons. The van der Waals surface area contributed by atoms with Gasteiger partial charge < -0.3 is 24.4 Å². The van der Waals surface area contributed by atoms with E-state index >= 15 is 0 Å². The zero-order valence-corrected chi connectivity index (χ0v) is 19.5. The fourth-order valence-electron chi connectivity index (χ4n) is 4.33. The van der Waals surface area contributed by atoms with Gasteiger partial charge in [-0.1, -0.05) is 18.2 Å². The molecule has 2 atom stereocenters. The lowest BCUT2D eigenvalue weighted by molar-refractivity contribution is -0.125. The molecule has 3 aromatic rings. The van der Waals surface area contributed by atoms with E-state index in [2.05, 4.69) is 5.32 Å². The molecule has 34 heavy (non-hydrogen) atoms. The van der Waals surface area contributed by atoms with Gasteiger partial charge in [-0.3, -0.25) is 9.59 Å². The second-order valence-electron chi connectivity index (χ2n) is 8.05. The number of carbonyl (C=O) groups is 2. The molecule has 176 valence electrons. The van der Waals surface area contributed by atoms with Crippen molar-refractivity contribution in [3.05, 3.63) is 78.4 Å². The van der Waals surface area contributed by atoms with E-state index in [-0.39, 0.29) is 18.2 Å². The number of ether oxygens (including phenoxy) is 3. The third kappa shape index (κ3) is 4.83. The molecule has 1 saturated heterocycles. The van der Waals surface area contributed by atoms with E-state index in [1.807, 2.05) is 66.7 Å². The molecular formula is C27H28N2O5. The number of hydrogen-bond acceptors (Lipinski definition) is 5. The van der Waals surface area contributed by atoms with Crippen molar-refractivity contribution in [3.63, 3.8) is 0 Å². The molecule has 3 aromatic carbocycles. The summed E-state index contributed by atoms with van der Waals surface area (Å²) in [5, 5.41) is 3.01. The first-order chi connectivity index (χ1) is 16.5. The Labute approximate surface area is 199 Å². The number of piperidine rings is 1. The summed E-state index contributed by atoms with van der Waals surface area (Å²) in [6, 6.07) is 21.6. The molecule has 0 unspecified atom stereocenters. The maximum Gasteiger partial charge on any atom is 0.229 e. The molecule has 0 aliphatic carbocycles. The van der Waals surface area contributed by atoms with Crippen LogP contribution in [0.2, 0.25) is 0 Å². The second-order valence-corrected chi connectivity index (χ2v) is 8.05. The van der Waals surface area contributed by atoms with Crippen LogP contribution in [0.1, 0.15) is 24.4 Å². The number of rotatable bonds is 7. The predicted molar refractivity (Wildman–Crippen MR) is 131 cm³/mol. The van der Waals surface area contributed by atoms with Crippen molar-refractivity contribution in [1.29, 1.82) is 0 Å². The van der Waals surface area contributed by atoms with Crippen molar-refractivity contribution in [1.82, 2.24) is 0 Å². The van der Waals surface area contributed by atoms with Gasteiger partial charge in [-0.2, -0.15) is 0 Å². The summed E-state index contributed by atoms with van der Waals surface area (Å²) in [6.45, 7) is 0. The molecule has 1 heterocycles. The highest BCUT2D eigenvalue weighted by Gasteiger charge is 2.41. The minimum Gasteiger partial charge on any atom is -0.497 e. The highest BCUT2D eigenvalue weighted by Crippen LogP contribution is 2.41. The molecule has 7 nitrogen and oxygen atoms in total. The smallest absolute Gasteiger partial charge is 0.229 e. The van der Waals surface area contributed by atoms with E-state index in [9.17, 15) is 9.59 Å². The molecule has 4 rings (SSSR count). The van der Waals surface area contributed by atoms with Crippen LogP contribution in [0.5, 0.6) is 17.2 Å². The number of nitrogens with one attached hydrogen (secondary N) is 1. The Morgan fingerprint density at radius 1 is 0.853 bits per heavy atom. The summed E-state index contributed by atoms with van der Waals surface area (Å²) in [5.41, 5.74) is 2.21. The lowest BCUT2D eigenvalue weighted by atomic mass is 9.83. The average molecular weight is 461 g/mol. The Bertz CT molecular complexity index is 1140. The average Bonchev–Trinajstić information content (AvgIpc) is 2.88. The molecule has 1 aliphatic heterocycles. The third-order valence-electron chi connectivity index (χ3n) is 6.08. The van der Waals surface area contributed by atoms with Crippen molar-refractivity contribution in [3.8, 4) is 17.2 Å². The van der Waals surface area contributed by atoms with E-state index in [1.165, 1.54) is 0 Å². The van der Waals surface area contributed by atoms with Gasteiger partial charge in [-0.05, 0) is 60.5 Å². The zero-order valence-electron chi connectivity index (χ0n) is 19.5. The molecule has 1 fully saturated rings. The summed E-state index contributed by atoms with van der Waals surface area (Å²) < 4.78 is 15.9. The van der Waals surface area contributed by atoms with Crippen LogP contribution in [0.25, 0.3) is 0 Å². The normalized spacial score (nSPS) is 17.7. The van der Waals surface area contributed by atoms with Crippen LogP contribution >= 0.6 is 0 Å². The van der Waals surface area contributed by atoms with Crippen molar-refractivity contribution in [2.24, 2.45) is 5.92 Å². The highest BCUT2D eigenvalue weighted by molar-refractivity contribution is 6.00. The topological polar surface area (TPSA) is 77.1 Å². The van der Waals surface area contributed by atoms with Gasteiger partial charge in [0, 0.05) is 23.9 Å². The van der Waals surface area contributed by atoms with Crippen molar-refractivity contribution >= 4 is 23.2 Å². The molecule has 0 aromatic heterocycles. The van der Waals surface area contributed by atoms with Gasteiger partial charge in [-0.25, -0.2) is 0 Å². The lowest BCUT2D eigenvalue weighted by Gasteiger charge is -2.41. The van der Waals surface area contributed by atoms with Crippen molar-refractivity contribution < 1.29 is 23.8 Å².